The normalized spacial score (nSPS) is 9.60. The smallest absolute Gasteiger partial charge is 0.759 e. The van der Waals surface area contributed by atoms with Gasteiger partial charge in [0.2, 0.25) is 0 Å². The van der Waals surface area contributed by atoms with Gasteiger partial charge in [0.1, 0.15) is 0 Å². The molecular weight excluding hydrogens is 468 g/mol. The maximum atomic E-state index is 8.52. The van der Waals surface area contributed by atoms with E-state index in [1.807, 2.05) is 0 Å². The molecule has 0 saturated heterocycles. The number of rotatable bonds is 0. The molecule has 0 atom stereocenters. The Bertz CT molecular complexity index is 364. The largest absolute Gasteiger partial charge is 3.00 e. The van der Waals surface area contributed by atoms with Gasteiger partial charge in [0.05, 0.1) is 0 Å². The van der Waals surface area contributed by atoms with Gasteiger partial charge >= 0.3 is 39.6 Å². The Hall–Kier alpha value is 0.843. The van der Waals surface area contributed by atoms with Crippen molar-refractivity contribution in [2.24, 2.45) is 0 Å². The van der Waals surface area contributed by atoms with Crippen LogP contribution in [0.15, 0.2) is 0 Å². The summed E-state index contributed by atoms with van der Waals surface area (Å²) in [5.74, 6) is 0. The van der Waals surface area contributed by atoms with Crippen molar-refractivity contribution in [1.82, 2.24) is 0 Å². The summed E-state index contributed by atoms with van der Waals surface area (Å²) in [6.45, 7) is 1.93. The van der Waals surface area contributed by atoms with Gasteiger partial charge < -0.3 is 32.4 Å². The summed E-state index contributed by atoms with van der Waals surface area (Å²) in [4.78, 5) is 0. The molecule has 20 heavy (non-hydrogen) atoms. The molecule has 0 aromatic heterocycles. The second-order valence-corrected chi connectivity index (χ2v) is 3.99. The zero-order valence-electron chi connectivity index (χ0n) is 9.43. The zero-order valence-corrected chi connectivity index (χ0v) is 16.7. The predicted molar refractivity (Wildman–Crippen MR) is 55.7 cm³/mol. The van der Waals surface area contributed by atoms with Crippen LogP contribution in [0.4, 0.5) is 0 Å². The Morgan fingerprint density at radius 3 is 0.650 bits per heavy atom. The standard InChI is InChI=1S/C2H6O.2Ga.3H2O4S/c1-2-3;;;3*1-5(2,3)4/h3H,2H2,1H3;;;3*(H2,1,2,3,4)/q;2*+3;;;/p-6. The van der Waals surface area contributed by atoms with Crippen molar-refractivity contribution in [3.05, 3.63) is 0 Å². The van der Waals surface area contributed by atoms with Crippen LogP contribution in [0.3, 0.4) is 0 Å². The van der Waals surface area contributed by atoms with Crippen molar-refractivity contribution in [3.8, 4) is 0 Å². The SMILES string of the molecule is CCO.O=S(=O)([O-])[O-].O=S(=O)([O-])[O-].O=S(=O)([O-])[O-].[Ga+3].[Ga+3]. The van der Waals surface area contributed by atoms with E-state index in [2.05, 4.69) is 0 Å². The predicted octanol–water partition coefficient (Wildman–Crippen LogP) is -4.78. The fourth-order valence-electron chi connectivity index (χ4n) is 0. The molecular formula is C2H6Ga2O13S3. The summed E-state index contributed by atoms with van der Waals surface area (Å²) in [6.07, 6.45) is 0. The van der Waals surface area contributed by atoms with E-state index >= 15 is 0 Å². The maximum absolute atomic E-state index is 8.52. The first-order chi connectivity index (χ1) is 7.41. The zero-order chi connectivity index (χ0) is 16.2. The molecule has 0 aliphatic heterocycles. The van der Waals surface area contributed by atoms with Gasteiger partial charge in [-0.05, 0) is 6.92 Å². The number of aliphatic hydroxyl groups is 1. The number of aliphatic hydroxyl groups excluding tert-OH is 1. The molecule has 0 unspecified atom stereocenters. The Kier molecular flexibility index (Phi) is 33.3. The van der Waals surface area contributed by atoms with Gasteiger partial charge in [0.15, 0.2) is 0 Å². The van der Waals surface area contributed by atoms with Crippen molar-refractivity contribution in [3.63, 3.8) is 0 Å². The second kappa shape index (κ2) is 17.9. The van der Waals surface area contributed by atoms with E-state index in [0.29, 0.717) is 0 Å². The van der Waals surface area contributed by atoms with Crippen molar-refractivity contribution < 1.29 is 57.7 Å². The van der Waals surface area contributed by atoms with Crippen molar-refractivity contribution in [2.75, 3.05) is 6.61 Å². The molecule has 0 fully saturated rings. The Balaban J connectivity index is -0.0000000321. The second-order valence-electron chi connectivity index (χ2n) is 1.54. The average molecular weight is 474 g/mol. The van der Waals surface area contributed by atoms with Gasteiger partial charge in [-0.1, -0.05) is 0 Å². The molecule has 0 radical (unpaired) electrons. The number of hydrogen-bond acceptors (Lipinski definition) is 13. The van der Waals surface area contributed by atoms with E-state index in [0.717, 1.165) is 0 Å². The monoisotopic (exact) mass is 472 g/mol. The van der Waals surface area contributed by atoms with Crippen LogP contribution in [0, 0.1) is 0 Å². The van der Waals surface area contributed by atoms with E-state index in [-0.39, 0.29) is 46.2 Å². The van der Waals surface area contributed by atoms with E-state index in [1.54, 1.807) is 6.92 Å². The maximum Gasteiger partial charge on any atom is 3.00 e. The summed E-state index contributed by atoms with van der Waals surface area (Å²) >= 11 is 0. The molecule has 116 valence electrons. The molecule has 0 heterocycles. The molecule has 0 aliphatic carbocycles. The minimum Gasteiger partial charge on any atom is -0.759 e. The van der Waals surface area contributed by atoms with Crippen LogP contribution in [0.5, 0.6) is 0 Å². The number of hydrogen-bond donors (Lipinski definition) is 1. The summed E-state index contributed by atoms with van der Waals surface area (Å²) in [6, 6.07) is 0. The van der Waals surface area contributed by atoms with Crippen LogP contribution >= 0.6 is 0 Å². The van der Waals surface area contributed by atoms with Gasteiger partial charge in [-0.3, -0.25) is 25.3 Å². The Morgan fingerprint density at radius 2 is 0.650 bits per heavy atom. The molecule has 0 aromatic rings. The third-order valence-electron chi connectivity index (χ3n) is 0. The van der Waals surface area contributed by atoms with Crippen LogP contribution in [-0.4, -0.2) is 104 Å². The Labute approximate surface area is 141 Å². The molecule has 0 aliphatic rings. The van der Waals surface area contributed by atoms with Crippen molar-refractivity contribution in [2.45, 2.75) is 6.92 Å². The van der Waals surface area contributed by atoms with Gasteiger partial charge in [-0.15, -0.1) is 0 Å². The van der Waals surface area contributed by atoms with Crippen LogP contribution in [0.2, 0.25) is 0 Å². The van der Waals surface area contributed by atoms with E-state index < -0.39 is 31.2 Å². The van der Waals surface area contributed by atoms with E-state index in [9.17, 15) is 0 Å². The first-order valence-corrected chi connectivity index (χ1v) is 7.02. The molecule has 0 rings (SSSR count). The average Bonchev–Trinajstić information content (AvgIpc) is 1.71. The topological polar surface area (TPSA) is 261 Å². The molecule has 18 heteroatoms. The third kappa shape index (κ3) is 8450. The van der Waals surface area contributed by atoms with Gasteiger partial charge in [0.25, 0.3) is 0 Å². The van der Waals surface area contributed by atoms with E-state index in [1.165, 1.54) is 0 Å². The summed E-state index contributed by atoms with van der Waals surface area (Å²) in [5, 5.41) is 7.57. The van der Waals surface area contributed by atoms with E-state index in [4.69, 9.17) is 57.7 Å². The fourth-order valence-corrected chi connectivity index (χ4v) is 0. The molecule has 0 bridgehead atoms. The first kappa shape index (κ1) is 37.3. The minimum atomic E-state index is -5.17. The van der Waals surface area contributed by atoms with Gasteiger partial charge in [-0.2, -0.15) is 0 Å². The minimum absolute atomic E-state index is 0. The molecule has 1 N–H and O–H groups in total. The van der Waals surface area contributed by atoms with Gasteiger partial charge in [-0.25, -0.2) is 0 Å². The van der Waals surface area contributed by atoms with Crippen LogP contribution in [0.1, 0.15) is 6.92 Å². The molecule has 0 saturated carbocycles. The molecule has 0 amide bonds. The van der Waals surface area contributed by atoms with Crippen molar-refractivity contribution >= 4 is 70.8 Å². The Morgan fingerprint density at radius 1 is 0.650 bits per heavy atom. The van der Waals surface area contributed by atoms with Crippen molar-refractivity contribution in [1.29, 1.82) is 0 Å². The molecule has 0 aromatic carbocycles. The van der Waals surface area contributed by atoms with Crippen LogP contribution < -0.4 is 0 Å². The van der Waals surface area contributed by atoms with Crippen LogP contribution in [0.25, 0.3) is 0 Å². The molecule has 0 spiro atoms. The quantitative estimate of drug-likeness (QED) is 0.197. The van der Waals surface area contributed by atoms with Gasteiger partial charge in [0, 0.05) is 37.8 Å². The summed E-state index contributed by atoms with van der Waals surface area (Å²) < 4.78 is 102. The van der Waals surface area contributed by atoms with Crippen LogP contribution in [-0.2, 0) is 31.2 Å². The first-order valence-electron chi connectivity index (χ1n) is 3.02. The fraction of sp³-hybridized carbons (Fsp3) is 1.00. The summed E-state index contributed by atoms with van der Waals surface area (Å²) in [7, 11) is -15.5. The molecule has 13 nitrogen and oxygen atoms in total. The third-order valence-corrected chi connectivity index (χ3v) is 0. The summed E-state index contributed by atoms with van der Waals surface area (Å²) in [5.41, 5.74) is 0.